The Hall–Kier alpha value is -2.23. The van der Waals surface area contributed by atoms with E-state index in [1.807, 2.05) is 11.0 Å². The van der Waals surface area contributed by atoms with E-state index < -0.39 is 17.7 Å². The van der Waals surface area contributed by atoms with Crippen LogP contribution in [0.1, 0.15) is 37.7 Å². The summed E-state index contributed by atoms with van der Waals surface area (Å²) in [6.07, 6.45) is 1.09. The first kappa shape index (κ1) is 17.6. The number of nitrogens with zero attached hydrogens (tertiary/aromatic N) is 2. The number of nitriles is 1. The van der Waals surface area contributed by atoms with E-state index in [0.717, 1.165) is 12.8 Å². The van der Waals surface area contributed by atoms with Crippen LogP contribution < -0.4 is 10.2 Å². The molecule has 1 amide bonds. The third-order valence-corrected chi connectivity index (χ3v) is 4.96. The maximum atomic E-state index is 14.2. The van der Waals surface area contributed by atoms with Gasteiger partial charge in [0.25, 0.3) is 0 Å². The summed E-state index contributed by atoms with van der Waals surface area (Å²) in [6, 6.07) is 6.02. The summed E-state index contributed by atoms with van der Waals surface area (Å²) in [6.45, 7) is 1.08. The van der Waals surface area contributed by atoms with Crippen molar-refractivity contribution in [1.82, 2.24) is 5.32 Å². The largest absolute Gasteiger partial charge is 0.367 e. The number of carbonyl (C=O) groups excluding carboxylic acids is 1. The van der Waals surface area contributed by atoms with E-state index >= 15 is 0 Å². The Bertz CT molecular complexity index is 701. The van der Waals surface area contributed by atoms with Gasteiger partial charge in [0.1, 0.15) is 5.82 Å². The first-order valence-corrected chi connectivity index (χ1v) is 8.51. The zero-order valence-corrected chi connectivity index (χ0v) is 13.8. The summed E-state index contributed by atoms with van der Waals surface area (Å²) in [5.41, 5.74) is 0.649. The molecule has 4 nitrogen and oxygen atoms in total. The number of nitrogens with one attached hydrogen (secondary N) is 1. The molecule has 1 saturated carbocycles. The number of hydrogen-bond acceptors (Lipinski definition) is 3. The van der Waals surface area contributed by atoms with Crippen LogP contribution in [-0.2, 0) is 4.79 Å². The number of benzene rings is 1. The fourth-order valence-electron chi connectivity index (χ4n) is 3.64. The zero-order chi connectivity index (χ0) is 18.0. The van der Waals surface area contributed by atoms with Crippen molar-refractivity contribution < 1.29 is 18.0 Å². The van der Waals surface area contributed by atoms with Crippen LogP contribution in [0.3, 0.4) is 0 Å². The average molecular weight is 351 g/mol. The second-order valence-corrected chi connectivity index (χ2v) is 6.87. The minimum absolute atomic E-state index is 0.189. The molecule has 0 aromatic heterocycles. The quantitative estimate of drug-likeness (QED) is 0.910. The molecule has 1 heterocycles. The zero-order valence-electron chi connectivity index (χ0n) is 13.8. The standard InChI is InChI=1S/C18H20F3N3O/c19-15-8-12(10-22)3-4-16(15)24-7-1-2-14(11-24)23-17(25)13-5-6-18(20,21)9-13/h3-4,8,13-14H,1-2,5-7,9,11H2,(H,23,25). The summed E-state index contributed by atoms with van der Waals surface area (Å²) < 4.78 is 40.7. The number of anilines is 1. The van der Waals surface area contributed by atoms with E-state index in [1.165, 1.54) is 6.07 Å². The number of amides is 1. The molecule has 1 aliphatic carbocycles. The fourth-order valence-corrected chi connectivity index (χ4v) is 3.64. The van der Waals surface area contributed by atoms with Gasteiger partial charge in [-0.05, 0) is 37.5 Å². The van der Waals surface area contributed by atoms with Gasteiger partial charge in [-0.2, -0.15) is 5.26 Å². The molecular weight excluding hydrogens is 331 g/mol. The number of alkyl halides is 2. The highest BCUT2D eigenvalue weighted by molar-refractivity contribution is 5.79. The lowest BCUT2D eigenvalue weighted by Gasteiger charge is -2.35. The highest BCUT2D eigenvalue weighted by Gasteiger charge is 2.42. The van der Waals surface area contributed by atoms with Crippen LogP contribution in [0.25, 0.3) is 0 Å². The smallest absolute Gasteiger partial charge is 0.248 e. The van der Waals surface area contributed by atoms with Crippen molar-refractivity contribution >= 4 is 11.6 Å². The van der Waals surface area contributed by atoms with Crippen LogP contribution >= 0.6 is 0 Å². The Kier molecular flexibility index (Phi) is 4.89. The van der Waals surface area contributed by atoms with Crippen molar-refractivity contribution in [3.8, 4) is 6.07 Å². The molecule has 0 radical (unpaired) electrons. The van der Waals surface area contributed by atoms with Crippen LogP contribution in [-0.4, -0.2) is 31.0 Å². The van der Waals surface area contributed by atoms with E-state index in [-0.39, 0.29) is 36.8 Å². The lowest BCUT2D eigenvalue weighted by Crippen LogP contribution is -2.49. The van der Waals surface area contributed by atoms with Crippen LogP contribution in [0, 0.1) is 23.1 Å². The van der Waals surface area contributed by atoms with Gasteiger partial charge in [0, 0.05) is 37.9 Å². The fraction of sp³-hybridized carbons (Fsp3) is 0.556. The predicted molar refractivity (Wildman–Crippen MR) is 86.8 cm³/mol. The second kappa shape index (κ2) is 6.95. The van der Waals surface area contributed by atoms with Gasteiger partial charge in [0.2, 0.25) is 11.8 Å². The molecule has 7 heteroatoms. The Balaban J connectivity index is 1.62. The summed E-state index contributed by atoms with van der Waals surface area (Å²) in [5.74, 6) is -4.19. The van der Waals surface area contributed by atoms with Gasteiger partial charge in [0.15, 0.2) is 0 Å². The average Bonchev–Trinajstić information content (AvgIpc) is 2.95. The van der Waals surface area contributed by atoms with Gasteiger partial charge in [0.05, 0.1) is 17.3 Å². The van der Waals surface area contributed by atoms with Gasteiger partial charge >= 0.3 is 0 Å². The van der Waals surface area contributed by atoms with Crippen LogP contribution in [0.5, 0.6) is 0 Å². The normalized spacial score (nSPS) is 25.4. The van der Waals surface area contributed by atoms with Crippen molar-refractivity contribution in [1.29, 1.82) is 5.26 Å². The molecule has 0 spiro atoms. The highest BCUT2D eigenvalue weighted by atomic mass is 19.3. The van der Waals surface area contributed by atoms with E-state index in [4.69, 9.17) is 5.26 Å². The monoisotopic (exact) mass is 351 g/mol. The Morgan fingerprint density at radius 3 is 2.80 bits per heavy atom. The first-order valence-electron chi connectivity index (χ1n) is 8.51. The first-order chi connectivity index (χ1) is 11.9. The lowest BCUT2D eigenvalue weighted by atomic mass is 10.0. The van der Waals surface area contributed by atoms with Crippen LogP contribution in [0.15, 0.2) is 18.2 Å². The molecule has 25 heavy (non-hydrogen) atoms. The molecule has 2 aliphatic rings. The summed E-state index contributed by atoms with van der Waals surface area (Å²) in [7, 11) is 0. The molecule has 1 N–H and O–H groups in total. The number of carbonyl (C=O) groups is 1. The minimum atomic E-state index is -2.74. The summed E-state index contributed by atoms with van der Waals surface area (Å²) >= 11 is 0. The Morgan fingerprint density at radius 1 is 1.36 bits per heavy atom. The number of hydrogen-bond donors (Lipinski definition) is 1. The number of piperidine rings is 1. The summed E-state index contributed by atoms with van der Waals surface area (Å²) in [5, 5.41) is 11.7. The highest BCUT2D eigenvalue weighted by Crippen LogP contribution is 2.39. The van der Waals surface area contributed by atoms with Crippen molar-refractivity contribution in [3.63, 3.8) is 0 Å². The lowest BCUT2D eigenvalue weighted by molar-refractivity contribution is -0.126. The van der Waals surface area contributed by atoms with Crippen LogP contribution in [0.2, 0.25) is 0 Å². The third kappa shape index (κ3) is 4.06. The van der Waals surface area contributed by atoms with Gasteiger partial charge < -0.3 is 10.2 Å². The molecule has 2 fully saturated rings. The van der Waals surface area contributed by atoms with Gasteiger partial charge in [-0.15, -0.1) is 0 Å². The molecule has 0 bridgehead atoms. The van der Waals surface area contributed by atoms with Gasteiger partial charge in [-0.1, -0.05) is 0 Å². The molecule has 1 aliphatic heterocycles. The molecule has 3 rings (SSSR count). The molecule has 1 aromatic rings. The van der Waals surface area contributed by atoms with Crippen LogP contribution in [0.4, 0.5) is 18.9 Å². The molecule has 2 unspecified atom stereocenters. The third-order valence-electron chi connectivity index (χ3n) is 4.96. The van der Waals surface area contributed by atoms with Crippen molar-refractivity contribution in [2.75, 3.05) is 18.0 Å². The van der Waals surface area contributed by atoms with E-state index in [2.05, 4.69) is 5.32 Å². The molecule has 134 valence electrons. The minimum Gasteiger partial charge on any atom is -0.367 e. The topological polar surface area (TPSA) is 56.1 Å². The predicted octanol–water partition coefficient (Wildman–Crippen LogP) is 3.22. The molecule has 1 saturated heterocycles. The van der Waals surface area contributed by atoms with Crippen molar-refractivity contribution in [2.24, 2.45) is 5.92 Å². The van der Waals surface area contributed by atoms with Crippen molar-refractivity contribution in [2.45, 2.75) is 44.1 Å². The number of rotatable bonds is 3. The van der Waals surface area contributed by atoms with E-state index in [0.29, 0.717) is 18.8 Å². The number of halogens is 3. The van der Waals surface area contributed by atoms with Gasteiger partial charge in [-0.25, -0.2) is 13.2 Å². The van der Waals surface area contributed by atoms with E-state index in [1.54, 1.807) is 12.1 Å². The van der Waals surface area contributed by atoms with Crippen molar-refractivity contribution in [3.05, 3.63) is 29.6 Å². The molecule has 1 aromatic carbocycles. The molecule has 2 atom stereocenters. The Labute approximate surface area is 144 Å². The Morgan fingerprint density at radius 2 is 2.16 bits per heavy atom. The second-order valence-electron chi connectivity index (χ2n) is 6.87. The molecular formula is C18H20F3N3O. The maximum Gasteiger partial charge on any atom is 0.248 e. The summed E-state index contributed by atoms with van der Waals surface area (Å²) in [4.78, 5) is 14.0. The maximum absolute atomic E-state index is 14.2. The van der Waals surface area contributed by atoms with Gasteiger partial charge in [-0.3, -0.25) is 4.79 Å². The SMILES string of the molecule is N#Cc1ccc(N2CCCC(NC(=O)C3CCC(F)(F)C3)C2)c(F)c1. The van der Waals surface area contributed by atoms with E-state index in [9.17, 15) is 18.0 Å².